The molecule has 0 amide bonds. The topological polar surface area (TPSA) is 24.9 Å². The van der Waals surface area contributed by atoms with Gasteiger partial charge in [0.15, 0.2) is 0 Å². The summed E-state index contributed by atoms with van der Waals surface area (Å²) in [6, 6.07) is 13.3. The van der Waals surface area contributed by atoms with E-state index in [2.05, 4.69) is 53.0 Å². The Labute approximate surface area is 113 Å². The first-order valence-electron chi connectivity index (χ1n) is 6.03. The first-order chi connectivity index (χ1) is 8.83. The summed E-state index contributed by atoms with van der Waals surface area (Å²) in [5.41, 5.74) is 2.63. The van der Waals surface area contributed by atoms with E-state index in [4.69, 9.17) is 0 Å². The van der Waals surface area contributed by atoms with E-state index in [-0.39, 0.29) is 0 Å². The molecule has 0 aliphatic carbocycles. The molecular weight excluding hydrogens is 240 g/mol. The summed E-state index contributed by atoms with van der Waals surface area (Å²) < 4.78 is 0. The molecule has 0 saturated carbocycles. The highest BCUT2D eigenvalue weighted by Crippen LogP contribution is 2.21. The zero-order chi connectivity index (χ0) is 12.8. The van der Waals surface area contributed by atoms with Gasteiger partial charge >= 0.3 is 0 Å². The monoisotopic (exact) mass is 258 g/mol. The summed E-state index contributed by atoms with van der Waals surface area (Å²) in [7, 11) is 2.01. The van der Waals surface area contributed by atoms with Crippen LogP contribution in [0.5, 0.6) is 0 Å². The minimum absolute atomic E-state index is 0.350. The van der Waals surface area contributed by atoms with Crippen LogP contribution in [0.4, 0.5) is 0 Å². The standard InChI is InChI=1S/C15H18N2S/c1-16-15(11-12-7-9-17-10-8-12)13-3-5-14(18-2)6-4-13/h3-10,15-16H,11H2,1-2H3. The van der Waals surface area contributed by atoms with Crippen LogP contribution in [-0.2, 0) is 6.42 Å². The number of aromatic nitrogens is 1. The van der Waals surface area contributed by atoms with Gasteiger partial charge in [0.25, 0.3) is 0 Å². The Morgan fingerprint density at radius 2 is 1.78 bits per heavy atom. The molecule has 1 unspecified atom stereocenters. The van der Waals surface area contributed by atoms with Crippen molar-refractivity contribution in [1.82, 2.24) is 10.3 Å². The number of nitrogens with zero attached hydrogens (tertiary/aromatic N) is 1. The minimum atomic E-state index is 0.350. The molecule has 0 radical (unpaired) electrons. The Morgan fingerprint density at radius 3 is 2.33 bits per heavy atom. The Bertz CT molecular complexity index is 468. The molecule has 1 aromatic carbocycles. The molecule has 1 N–H and O–H groups in total. The van der Waals surface area contributed by atoms with E-state index < -0.39 is 0 Å². The zero-order valence-corrected chi connectivity index (χ0v) is 11.6. The first kappa shape index (κ1) is 13.1. The second kappa shape index (κ2) is 6.57. The Hall–Kier alpha value is -1.32. The van der Waals surface area contributed by atoms with Gasteiger partial charge in [-0.05, 0) is 55.1 Å². The van der Waals surface area contributed by atoms with E-state index >= 15 is 0 Å². The zero-order valence-electron chi connectivity index (χ0n) is 10.8. The number of hydrogen-bond donors (Lipinski definition) is 1. The van der Waals surface area contributed by atoms with Crippen LogP contribution in [0.1, 0.15) is 17.2 Å². The Kier molecular flexibility index (Phi) is 4.79. The van der Waals surface area contributed by atoms with Gasteiger partial charge in [0.2, 0.25) is 0 Å². The van der Waals surface area contributed by atoms with Crippen molar-refractivity contribution in [1.29, 1.82) is 0 Å². The molecule has 1 heterocycles. The van der Waals surface area contributed by atoms with Crippen molar-refractivity contribution >= 4 is 11.8 Å². The lowest BCUT2D eigenvalue weighted by atomic mass is 10.00. The summed E-state index contributed by atoms with van der Waals surface area (Å²) in [4.78, 5) is 5.35. The molecular formula is C15H18N2S. The van der Waals surface area contributed by atoms with Crippen LogP contribution in [0.15, 0.2) is 53.7 Å². The number of benzene rings is 1. The van der Waals surface area contributed by atoms with Gasteiger partial charge in [0.05, 0.1) is 0 Å². The van der Waals surface area contributed by atoms with Crippen LogP contribution in [0, 0.1) is 0 Å². The summed E-state index contributed by atoms with van der Waals surface area (Å²) >= 11 is 1.77. The number of hydrogen-bond acceptors (Lipinski definition) is 3. The van der Waals surface area contributed by atoms with Gasteiger partial charge in [0, 0.05) is 23.3 Å². The molecule has 18 heavy (non-hydrogen) atoms. The highest BCUT2D eigenvalue weighted by atomic mass is 32.2. The number of likely N-dealkylation sites (N-methyl/N-ethyl adjacent to an activating group) is 1. The van der Waals surface area contributed by atoms with Crippen LogP contribution in [-0.4, -0.2) is 18.3 Å². The van der Waals surface area contributed by atoms with Crippen LogP contribution >= 0.6 is 11.8 Å². The molecule has 3 heteroatoms. The highest BCUT2D eigenvalue weighted by molar-refractivity contribution is 7.98. The fraction of sp³-hybridized carbons (Fsp3) is 0.267. The second-order valence-corrected chi connectivity index (χ2v) is 5.05. The lowest BCUT2D eigenvalue weighted by Gasteiger charge is -2.17. The quantitative estimate of drug-likeness (QED) is 0.833. The molecule has 94 valence electrons. The average Bonchev–Trinajstić information content (AvgIpc) is 2.46. The molecule has 0 aliphatic heterocycles. The van der Waals surface area contributed by atoms with Crippen molar-refractivity contribution in [3.8, 4) is 0 Å². The van der Waals surface area contributed by atoms with E-state index in [0.717, 1.165) is 6.42 Å². The van der Waals surface area contributed by atoms with Crippen LogP contribution < -0.4 is 5.32 Å². The molecule has 1 aromatic heterocycles. The van der Waals surface area contributed by atoms with Gasteiger partial charge < -0.3 is 5.32 Å². The average molecular weight is 258 g/mol. The first-order valence-corrected chi connectivity index (χ1v) is 7.26. The second-order valence-electron chi connectivity index (χ2n) is 4.17. The van der Waals surface area contributed by atoms with E-state index in [1.165, 1.54) is 16.0 Å². The van der Waals surface area contributed by atoms with Gasteiger partial charge in [-0.15, -0.1) is 11.8 Å². The van der Waals surface area contributed by atoms with Gasteiger partial charge in [0.1, 0.15) is 0 Å². The smallest absolute Gasteiger partial charge is 0.0358 e. The molecule has 0 saturated heterocycles. The van der Waals surface area contributed by atoms with Crippen molar-refractivity contribution < 1.29 is 0 Å². The fourth-order valence-corrected chi connectivity index (χ4v) is 2.39. The maximum atomic E-state index is 4.05. The van der Waals surface area contributed by atoms with Crippen molar-refractivity contribution in [2.45, 2.75) is 17.4 Å². The van der Waals surface area contributed by atoms with Crippen molar-refractivity contribution in [2.24, 2.45) is 0 Å². The predicted molar refractivity (Wildman–Crippen MR) is 78.0 cm³/mol. The van der Waals surface area contributed by atoms with E-state index in [9.17, 15) is 0 Å². The molecule has 0 bridgehead atoms. The van der Waals surface area contributed by atoms with Gasteiger partial charge in [-0.25, -0.2) is 0 Å². The van der Waals surface area contributed by atoms with Crippen molar-refractivity contribution in [3.63, 3.8) is 0 Å². The maximum Gasteiger partial charge on any atom is 0.0358 e. The molecule has 2 nitrogen and oxygen atoms in total. The molecule has 2 aromatic rings. The summed E-state index contributed by atoms with van der Waals surface area (Å²) in [6.45, 7) is 0. The van der Waals surface area contributed by atoms with Gasteiger partial charge in [-0.3, -0.25) is 4.98 Å². The number of pyridine rings is 1. The molecule has 1 atom stereocenters. The number of rotatable bonds is 5. The fourth-order valence-electron chi connectivity index (χ4n) is 1.98. The normalized spacial score (nSPS) is 12.3. The van der Waals surface area contributed by atoms with Gasteiger partial charge in [-0.2, -0.15) is 0 Å². The third kappa shape index (κ3) is 3.34. The summed E-state index contributed by atoms with van der Waals surface area (Å²) in [6.07, 6.45) is 6.77. The number of thioether (sulfide) groups is 1. The van der Waals surface area contributed by atoms with Crippen molar-refractivity contribution in [3.05, 3.63) is 59.9 Å². The van der Waals surface area contributed by atoms with Crippen LogP contribution in [0.2, 0.25) is 0 Å². The third-order valence-corrected chi connectivity index (χ3v) is 3.80. The SMILES string of the molecule is CNC(Cc1ccncc1)c1ccc(SC)cc1. The molecule has 2 rings (SSSR count). The van der Waals surface area contributed by atoms with Crippen LogP contribution in [0.25, 0.3) is 0 Å². The lowest BCUT2D eigenvalue weighted by molar-refractivity contribution is 0.591. The molecule has 0 spiro atoms. The van der Waals surface area contributed by atoms with E-state index in [1.807, 2.05) is 19.4 Å². The Morgan fingerprint density at radius 1 is 1.11 bits per heavy atom. The van der Waals surface area contributed by atoms with E-state index in [0.29, 0.717) is 6.04 Å². The molecule has 0 fully saturated rings. The lowest BCUT2D eigenvalue weighted by Crippen LogP contribution is -2.18. The molecule has 0 aliphatic rings. The largest absolute Gasteiger partial charge is 0.313 e. The summed E-state index contributed by atoms with van der Waals surface area (Å²) in [5.74, 6) is 0. The highest BCUT2D eigenvalue weighted by Gasteiger charge is 2.09. The van der Waals surface area contributed by atoms with E-state index in [1.54, 1.807) is 11.8 Å². The Balaban J connectivity index is 2.12. The van der Waals surface area contributed by atoms with Crippen molar-refractivity contribution in [2.75, 3.05) is 13.3 Å². The minimum Gasteiger partial charge on any atom is -0.313 e. The summed E-state index contributed by atoms with van der Waals surface area (Å²) in [5, 5.41) is 3.38. The van der Waals surface area contributed by atoms with Gasteiger partial charge in [-0.1, -0.05) is 12.1 Å². The number of nitrogens with one attached hydrogen (secondary N) is 1. The predicted octanol–water partition coefficient (Wildman–Crippen LogP) is 3.31. The van der Waals surface area contributed by atoms with Crippen LogP contribution in [0.3, 0.4) is 0 Å². The maximum absolute atomic E-state index is 4.05. The third-order valence-electron chi connectivity index (χ3n) is 3.06.